The summed E-state index contributed by atoms with van der Waals surface area (Å²) in [7, 11) is 1.55. The van der Waals surface area contributed by atoms with E-state index in [9.17, 15) is 9.18 Å². The summed E-state index contributed by atoms with van der Waals surface area (Å²) in [6.07, 6.45) is 0. The Balaban J connectivity index is 1.19. The molecule has 1 amide bonds. The van der Waals surface area contributed by atoms with E-state index in [4.69, 9.17) is 18.7 Å². The van der Waals surface area contributed by atoms with Gasteiger partial charge in [-0.3, -0.25) is 9.89 Å². The zero-order valence-corrected chi connectivity index (χ0v) is 20.6. The number of aromatic nitrogens is 3. The maximum atomic E-state index is 14.6. The fourth-order valence-corrected chi connectivity index (χ4v) is 5.16. The van der Waals surface area contributed by atoms with Crippen molar-refractivity contribution in [2.24, 2.45) is 11.3 Å². The monoisotopic (exact) mass is 506 g/mol. The van der Waals surface area contributed by atoms with E-state index in [2.05, 4.69) is 22.3 Å². The van der Waals surface area contributed by atoms with Crippen LogP contribution >= 0.6 is 0 Å². The Hall–Kier alpha value is -3.76. The normalized spacial score (nSPS) is 21.1. The fourth-order valence-electron chi connectivity index (χ4n) is 5.16. The van der Waals surface area contributed by atoms with Gasteiger partial charge in [-0.2, -0.15) is 5.10 Å². The minimum atomic E-state index is -0.505. The average molecular weight is 507 g/mol. The SMILES string of the molecule is COCCOc1cc2[nH]nc(-c3cc(-c4ccc(C(=O)N5CC6COC[C@@]6(C)C5)cc4)no3)c2cc1F. The third-order valence-electron chi connectivity index (χ3n) is 7.35. The molecule has 1 unspecified atom stereocenters. The number of hydrogen-bond acceptors (Lipinski definition) is 7. The molecule has 1 N–H and O–H groups in total. The number of rotatable bonds is 7. The van der Waals surface area contributed by atoms with Crippen LogP contribution in [-0.2, 0) is 9.47 Å². The van der Waals surface area contributed by atoms with Crippen LogP contribution in [0.2, 0.25) is 0 Å². The Morgan fingerprint density at radius 3 is 2.86 bits per heavy atom. The van der Waals surface area contributed by atoms with E-state index in [-0.39, 0.29) is 23.7 Å². The summed E-state index contributed by atoms with van der Waals surface area (Å²) in [4.78, 5) is 15.0. The Kier molecular flexibility index (Phi) is 5.92. The Bertz CT molecular complexity index is 1450. The maximum Gasteiger partial charge on any atom is 0.253 e. The van der Waals surface area contributed by atoms with Crippen molar-refractivity contribution < 1.29 is 27.9 Å². The van der Waals surface area contributed by atoms with Gasteiger partial charge in [0.15, 0.2) is 17.3 Å². The molecule has 0 saturated carbocycles. The van der Waals surface area contributed by atoms with Crippen molar-refractivity contribution in [3.8, 4) is 28.5 Å². The highest BCUT2D eigenvalue weighted by Gasteiger charge is 2.48. The molecule has 4 heterocycles. The number of amides is 1. The second-order valence-electron chi connectivity index (χ2n) is 9.95. The maximum absolute atomic E-state index is 14.6. The number of H-pyrrole nitrogens is 1. The zero-order chi connectivity index (χ0) is 25.6. The summed E-state index contributed by atoms with van der Waals surface area (Å²) in [5, 5.41) is 11.9. The van der Waals surface area contributed by atoms with Gasteiger partial charge in [0, 0.05) is 60.2 Å². The van der Waals surface area contributed by atoms with Crippen LogP contribution in [0.15, 0.2) is 47.0 Å². The van der Waals surface area contributed by atoms with Crippen molar-refractivity contribution in [3.63, 3.8) is 0 Å². The number of benzene rings is 2. The highest BCUT2D eigenvalue weighted by atomic mass is 19.1. The standard InChI is InChI=1S/C27H27FN4O5/c1-27-14-32(12-18(27)13-35-15-27)26(33)17-5-3-16(4-6-17)21-10-24(37-31-21)25-19-9-20(28)23(36-8-7-34-2)11-22(19)29-30-25/h3-6,9-11,18H,7-8,12-15H2,1-2H3,(H,29,30)/t18?,27-/m1/s1. The van der Waals surface area contributed by atoms with E-state index in [0.717, 1.165) is 18.7 Å². The largest absolute Gasteiger partial charge is 0.488 e. The second kappa shape index (κ2) is 9.28. The number of carbonyl (C=O) groups is 1. The van der Waals surface area contributed by atoms with Crippen molar-refractivity contribution in [1.82, 2.24) is 20.3 Å². The third-order valence-corrected chi connectivity index (χ3v) is 7.35. The van der Waals surface area contributed by atoms with Crippen molar-refractivity contribution in [2.45, 2.75) is 6.92 Å². The number of nitrogens with zero attached hydrogens (tertiary/aromatic N) is 3. The van der Waals surface area contributed by atoms with Gasteiger partial charge in [-0.25, -0.2) is 4.39 Å². The molecule has 0 aliphatic carbocycles. The molecule has 2 atom stereocenters. The van der Waals surface area contributed by atoms with Crippen LogP contribution in [0, 0.1) is 17.2 Å². The van der Waals surface area contributed by atoms with Crippen molar-refractivity contribution in [1.29, 1.82) is 0 Å². The van der Waals surface area contributed by atoms with Crippen LogP contribution in [0.25, 0.3) is 33.6 Å². The number of halogens is 1. The van der Waals surface area contributed by atoms with Gasteiger partial charge in [-0.15, -0.1) is 0 Å². The molecule has 2 aromatic carbocycles. The van der Waals surface area contributed by atoms with Gasteiger partial charge in [0.2, 0.25) is 0 Å². The van der Waals surface area contributed by atoms with Gasteiger partial charge in [-0.1, -0.05) is 24.2 Å². The summed E-state index contributed by atoms with van der Waals surface area (Å²) < 4.78 is 36.1. The quantitative estimate of drug-likeness (QED) is 0.376. The molecule has 2 saturated heterocycles. The highest BCUT2D eigenvalue weighted by Crippen LogP contribution is 2.41. The van der Waals surface area contributed by atoms with E-state index in [1.807, 2.05) is 29.2 Å². The average Bonchev–Trinajstić information content (AvgIpc) is 3.66. The number of ether oxygens (including phenoxy) is 3. The lowest BCUT2D eigenvalue weighted by Gasteiger charge is -2.21. The summed E-state index contributed by atoms with van der Waals surface area (Å²) in [6.45, 7) is 5.64. The smallest absolute Gasteiger partial charge is 0.253 e. The lowest BCUT2D eigenvalue weighted by molar-refractivity contribution is 0.0727. The third kappa shape index (κ3) is 4.25. The van der Waals surface area contributed by atoms with Gasteiger partial charge >= 0.3 is 0 Å². The minimum Gasteiger partial charge on any atom is -0.488 e. The highest BCUT2D eigenvalue weighted by molar-refractivity contribution is 5.95. The van der Waals surface area contributed by atoms with Crippen LogP contribution in [-0.4, -0.2) is 72.8 Å². The molecule has 4 aromatic rings. The minimum absolute atomic E-state index is 0.0265. The molecule has 0 spiro atoms. The first kappa shape index (κ1) is 23.6. The summed E-state index contributed by atoms with van der Waals surface area (Å²) in [6, 6.07) is 12.0. The predicted molar refractivity (Wildman–Crippen MR) is 133 cm³/mol. The van der Waals surface area contributed by atoms with Crippen molar-refractivity contribution >= 4 is 16.8 Å². The van der Waals surface area contributed by atoms with Crippen LogP contribution in [0.3, 0.4) is 0 Å². The van der Waals surface area contributed by atoms with Crippen molar-refractivity contribution in [2.75, 3.05) is 46.6 Å². The van der Waals surface area contributed by atoms with Crippen LogP contribution in [0.5, 0.6) is 5.75 Å². The molecule has 10 heteroatoms. The molecule has 2 aromatic heterocycles. The van der Waals surface area contributed by atoms with Crippen molar-refractivity contribution in [3.05, 3.63) is 53.8 Å². The summed E-state index contributed by atoms with van der Waals surface area (Å²) in [5.41, 5.74) is 3.12. The number of aromatic amines is 1. The van der Waals surface area contributed by atoms with Gasteiger partial charge in [0.25, 0.3) is 5.91 Å². The van der Waals surface area contributed by atoms with Gasteiger partial charge in [0.1, 0.15) is 18.0 Å². The molecule has 2 aliphatic rings. The lowest BCUT2D eigenvalue weighted by atomic mass is 9.83. The molecule has 6 rings (SSSR count). The van der Waals surface area contributed by atoms with E-state index >= 15 is 0 Å². The molecular formula is C27H27FN4O5. The summed E-state index contributed by atoms with van der Waals surface area (Å²) in [5.74, 6) is 0.429. The molecular weight excluding hydrogens is 479 g/mol. The number of likely N-dealkylation sites (tertiary alicyclic amines) is 1. The summed E-state index contributed by atoms with van der Waals surface area (Å²) >= 11 is 0. The number of nitrogens with one attached hydrogen (secondary N) is 1. The molecule has 9 nitrogen and oxygen atoms in total. The van der Waals surface area contributed by atoms with E-state index in [0.29, 0.717) is 59.3 Å². The van der Waals surface area contributed by atoms with Gasteiger partial charge in [-0.05, 0) is 18.2 Å². The first-order chi connectivity index (χ1) is 17.9. The topological polar surface area (TPSA) is 103 Å². The van der Waals surface area contributed by atoms with Crippen LogP contribution in [0.4, 0.5) is 4.39 Å². The molecule has 0 bridgehead atoms. The number of fused-ring (bicyclic) bond motifs is 2. The first-order valence-electron chi connectivity index (χ1n) is 12.2. The van der Waals surface area contributed by atoms with E-state index in [1.165, 1.54) is 6.07 Å². The van der Waals surface area contributed by atoms with Gasteiger partial charge in [0.05, 0.1) is 25.3 Å². The van der Waals surface area contributed by atoms with Gasteiger partial charge < -0.3 is 23.6 Å². The fraction of sp³-hybridized carbons (Fsp3) is 0.370. The van der Waals surface area contributed by atoms with Crippen LogP contribution in [0.1, 0.15) is 17.3 Å². The second-order valence-corrected chi connectivity index (χ2v) is 9.95. The molecule has 2 fully saturated rings. The molecule has 192 valence electrons. The number of methoxy groups -OCH3 is 1. The van der Waals surface area contributed by atoms with Crippen LogP contribution < -0.4 is 4.74 Å². The Morgan fingerprint density at radius 2 is 2.08 bits per heavy atom. The molecule has 0 radical (unpaired) electrons. The predicted octanol–water partition coefficient (Wildman–Crippen LogP) is 4.16. The number of hydrogen-bond donors (Lipinski definition) is 1. The zero-order valence-electron chi connectivity index (χ0n) is 20.6. The van der Waals surface area contributed by atoms with E-state index in [1.54, 1.807) is 19.2 Å². The Labute approximate surface area is 212 Å². The Morgan fingerprint density at radius 1 is 1.24 bits per heavy atom. The van der Waals surface area contributed by atoms with E-state index < -0.39 is 5.82 Å². The first-order valence-corrected chi connectivity index (χ1v) is 12.2. The number of carbonyl (C=O) groups excluding carboxylic acids is 1. The molecule has 37 heavy (non-hydrogen) atoms. The molecule has 2 aliphatic heterocycles. The lowest BCUT2D eigenvalue weighted by Crippen LogP contribution is -2.32.